The number of carbonyl (C=O) groups excluding carboxylic acids is 1. The lowest BCUT2D eigenvalue weighted by Crippen LogP contribution is -2.45. The highest BCUT2D eigenvalue weighted by Crippen LogP contribution is 2.18. The molecule has 1 aromatic heterocycles. The smallest absolute Gasteiger partial charge is 0.220 e. The van der Waals surface area contributed by atoms with E-state index in [0.29, 0.717) is 26.0 Å². The Morgan fingerprint density at radius 3 is 2.45 bits per heavy atom. The largest absolute Gasteiger partial charge is 0.494 e. The summed E-state index contributed by atoms with van der Waals surface area (Å²) in [6.45, 7) is 8.97. The van der Waals surface area contributed by atoms with Crippen molar-refractivity contribution in [2.45, 2.75) is 52.4 Å². The SMILES string of the molecule is CCOc1ccc(CCC(=O)NCc2ccc(N3CC(C)OC(C)C3)nc2)cc1. The van der Waals surface area contributed by atoms with Crippen LogP contribution in [0.25, 0.3) is 0 Å². The van der Waals surface area contributed by atoms with E-state index in [1.807, 2.05) is 49.5 Å². The molecule has 1 saturated heterocycles. The number of nitrogens with zero attached hydrogens (tertiary/aromatic N) is 2. The van der Waals surface area contributed by atoms with Gasteiger partial charge in [0.25, 0.3) is 0 Å². The van der Waals surface area contributed by atoms with Crippen molar-refractivity contribution in [3.05, 3.63) is 53.7 Å². The van der Waals surface area contributed by atoms with Crippen LogP contribution >= 0.6 is 0 Å². The fourth-order valence-corrected chi connectivity index (χ4v) is 3.54. The standard InChI is InChI=1S/C23H31N3O3/c1-4-28-21-9-5-19(6-10-21)8-12-23(27)25-14-20-7-11-22(24-13-20)26-15-17(2)29-18(3)16-26/h5-7,9-11,13,17-18H,4,8,12,14-16H2,1-3H3,(H,25,27). The zero-order chi connectivity index (χ0) is 20.6. The quantitative estimate of drug-likeness (QED) is 0.740. The molecule has 1 amide bonds. The summed E-state index contributed by atoms with van der Waals surface area (Å²) < 4.78 is 11.2. The normalized spacial score (nSPS) is 19.1. The summed E-state index contributed by atoms with van der Waals surface area (Å²) in [5.74, 6) is 1.86. The minimum atomic E-state index is 0.0405. The molecule has 2 heterocycles. The Balaban J connectivity index is 1.43. The van der Waals surface area contributed by atoms with E-state index in [-0.39, 0.29) is 18.1 Å². The summed E-state index contributed by atoms with van der Waals surface area (Å²) in [4.78, 5) is 19.0. The molecule has 0 aliphatic carbocycles. The van der Waals surface area contributed by atoms with E-state index < -0.39 is 0 Å². The van der Waals surface area contributed by atoms with Crippen LogP contribution in [0.2, 0.25) is 0 Å². The number of morpholine rings is 1. The number of ether oxygens (including phenoxy) is 2. The Hall–Kier alpha value is -2.60. The van der Waals surface area contributed by atoms with Crippen LogP contribution in [0, 0.1) is 0 Å². The molecule has 1 aliphatic heterocycles. The van der Waals surface area contributed by atoms with Gasteiger partial charge in [0.15, 0.2) is 0 Å². The summed E-state index contributed by atoms with van der Waals surface area (Å²) >= 11 is 0. The molecule has 6 nitrogen and oxygen atoms in total. The monoisotopic (exact) mass is 397 g/mol. The number of rotatable bonds is 8. The Morgan fingerprint density at radius 1 is 1.14 bits per heavy atom. The molecule has 0 radical (unpaired) electrons. The van der Waals surface area contributed by atoms with Crippen molar-refractivity contribution in [3.63, 3.8) is 0 Å². The predicted molar refractivity (Wildman–Crippen MR) is 114 cm³/mol. The first-order valence-corrected chi connectivity index (χ1v) is 10.4. The highest BCUT2D eigenvalue weighted by molar-refractivity contribution is 5.76. The molecule has 29 heavy (non-hydrogen) atoms. The van der Waals surface area contributed by atoms with Gasteiger partial charge in [0.2, 0.25) is 5.91 Å². The number of anilines is 1. The van der Waals surface area contributed by atoms with E-state index in [4.69, 9.17) is 9.47 Å². The van der Waals surface area contributed by atoms with Crippen LogP contribution in [-0.2, 0) is 22.5 Å². The molecule has 0 spiro atoms. The fraction of sp³-hybridized carbons (Fsp3) is 0.478. The number of aryl methyl sites for hydroxylation is 1. The van der Waals surface area contributed by atoms with Gasteiger partial charge < -0.3 is 19.7 Å². The van der Waals surface area contributed by atoms with Crippen LogP contribution in [0.3, 0.4) is 0 Å². The number of hydrogen-bond donors (Lipinski definition) is 1. The number of nitrogens with one attached hydrogen (secondary N) is 1. The van der Waals surface area contributed by atoms with Crippen LogP contribution in [0.5, 0.6) is 5.75 Å². The van der Waals surface area contributed by atoms with Crippen LogP contribution in [0.15, 0.2) is 42.6 Å². The molecular weight excluding hydrogens is 366 g/mol. The van der Waals surface area contributed by atoms with E-state index in [1.165, 1.54) is 0 Å². The van der Waals surface area contributed by atoms with Crippen molar-refractivity contribution in [3.8, 4) is 5.75 Å². The topological polar surface area (TPSA) is 63.7 Å². The average molecular weight is 398 g/mol. The van der Waals surface area contributed by atoms with Gasteiger partial charge >= 0.3 is 0 Å². The number of hydrogen-bond acceptors (Lipinski definition) is 5. The van der Waals surface area contributed by atoms with Crippen LogP contribution in [0.1, 0.15) is 38.3 Å². The lowest BCUT2D eigenvalue weighted by Gasteiger charge is -2.36. The van der Waals surface area contributed by atoms with Crippen molar-refractivity contribution < 1.29 is 14.3 Å². The molecule has 1 N–H and O–H groups in total. The van der Waals surface area contributed by atoms with Gasteiger partial charge in [0.05, 0.1) is 18.8 Å². The molecule has 6 heteroatoms. The van der Waals surface area contributed by atoms with Crippen LogP contribution in [0.4, 0.5) is 5.82 Å². The minimum Gasteiger partial charge on any atom is -0.494 e. The Labute approximate surface area is 173 Å². The summed E-state index contributed by atoms with van der Waals surface area (Å²) in [6.07, 6.45) is 3.42. The third-order valence-corrected chi connectivity index (χ3v) is 4.92. The van der Waals surface area contributed by atoms with Crippen molar-refractivity contribution in [2.75, 3.05) is 24.6 Å². The number of aromatic nitrogens is 1. The molecule has 1 aromatic carbocycles. The summed E-state index contributed by atoms with van der Waals surface area (Å²) in [6, 6.07) is 12.0. The lowest BCUT2D eigenvalue weighted by atomic mass is 10.1. The molecule has 156 valence electrons. The Bertz CT molecular complexity index is 767. The van der Waals surface area contributed by atoms with Gasteiger partial charge in [-0.1, -0.05) is 18.2 Å². The maximum atomic E-state index is 12.2. The fourth-order valence-electron chi connectivity index (χ4n) is 3.54. The Morgan fingerprint density at radius 2 is 1.83 bits per heavy atom. The molecule has 3 rings (SSSR count). The number of amides is 1. The van der Waals surface area contributed by atoms with Gasteiger partial charge in [-0.05, 0) is 56.5 Å². The Kier molecular flexibility index (Phi) is 7.47. The van der Waals surface area contributed by atoms with E-state index in [0.717, 1.165) is 35.8 Å². The van der Waals surface area contributed by atoms with E-state index in [1.54, 1.807) is 0 Å². The summed E-state index contributed by atoms with van der Waals surface area (Å²) in [5.41, 5.74) is 2.13. The van der Waals surface area contributed by atoms with Crippen molar-refractivity contribution in [1.29, 1.82) is 0 Å². The second-order valence-corrected chi connectivity index (χ2v) is 7.54. The van der Waals surface area contributed by atoms with Crippen molar-refractivity contribution >= 4 is 11.7 Å². The van der Waals surface area contributed by atoms with Crippen LogP contribution < -0.4 is 15.0 Å². The van der Waals surface area contributed by atoms with Gasteiger partial charge in [0.1, 0.15) is 11.6 Å². The minimum absolute atomic E-state index is 0.0405. The molecular formula is C23H31N3O3. The van der Waals surface area contributed by atoms with Gasteiger partial charge in [-0.15, -0.1) is 0 Å². The summed E-state index contributed by atoms with van der Waals surface area (Å²) in [7, 11) is 0. The molecule has 2 unspecified atom stereocenters. The predicted octanol–water partition coefficient (Wildman–Crippen LogP) is 3.34. The first kappa shape index (κ1) is 21.1. The van der Waals surface area contributed by atoms with Gasteiger partial charge in [-0.2, -0.15) is 0 Å². The van der Waals surface area contributed by atoms with Crippen molar-refractivity contribution in [1.82, 2.24) is 10.3 Å². The van der Waals surface area contributed by atoms with Gasteiger partial charge in [-0.3, -0.25) is 4.79 Å². The number of pyridine rings is 1. The second-order valence-electron chi connectivity index (χ2n) is 7.54. The van der Waals surface area contributed by atoms with E-state index in [2.05, 4.69) is 29.0 Å². The molecule has 0 saturated carbocycles. The molecule has 2 atom stereocenters. The highest BCUT2D eigenvalue weighted by Gasteiger charge is 2.22. The third-order valence-electron chi connectivity index (χ3n) is 4.92. The second kappa shape index (κ2) is 10.3. The van der Waals surface area contributed by atoms with Crippen molar-refractivity contribution in [2.24, 2.45) is 0 Å². The van der Waals surface area contributed by atoms with E-state index in [9.17, 15) is 4.79 Å². The van der Waals surface area contributed by atoms with E-state index >= 15 is 0 Å². The van der Waals surface area contributed by atoms with Crippen LogP contribution in [-0.4, -0.2) is 42.8 Å². The lowest BCUT2D eigenvalue weighted by molar-refractivity contribution is -0.121. The first-order valence-electron chi connectivity index (χ1n) is 10.4. The average Bonchev–Trinajstić information content (AvgIpc) is 2.71. The van der Waals surface area contributed by atoms with Gasteiger partial charge in [0, 0.05) is 32.3 Å². The molecule has 1 fully saturated rings. The number of benzene rings is 1. The molecule has 2 aromatic rings. The number of carbonyl (C=O) groups is 1. The zero-order valence-corrected chi connectivity index (χ0v) is 17.6. The third kappa shape index (κ3) is 6.46. The van der Waals surface area contributed by atoms with Gasteiger partial charge in [-0.25, -0.2) is 4.98 Å². The molecule has 1 aliphatic rings. The maximum absolute atomic E-state index is 12.2. The molecule has 0 bridgehead atoms. The zero-order valence-electron chi connectivity index (χ0n) is 17.6. The highest BCUT2D eigenvalue weighted by atomic mass is 16.5. The first-order chi connectivity index (χ1) is 14.0. The summed E-state index contributed by atoms with van der Waals surface area (Å²) in [5, 5.41) is 2.98. The maximum Gasteiger partial charge on any atom is 0.220 e.